The third kappa shape index (κ3) is 2.93. The van der Waals surface area contributed by atoms with Crippen molar-refractivity contribution in [2.75, 3.05) is 19.0 Å². The molecule has 0 aromatic heterocycles. The van der Waals surface area contributed by atoms with Gasteiger partial charge < -0.3 is 10.1 Å². The molecule has 3 nitrogen and oxygen atoms in total. The molecule has 0 radical (unpaired) electrons. The minimum absolute atomic E-state index is 0.0314. The maximum absolute atomic E-state index is 13.2. The van der Waals surface area contributed by atoms with Crippen molar-refractivity contribution in [3.63, 3.8) is 0 Å². The number of hydrogen-bond acceptors (Lipinski definition) is 3. The van der Waals surface area contributed by atoms with Crippen LogP contribution in [-0.2, 0) is 4.74 Å². The number of nitriles is 1. The monoisotopic (exact) mass is 208 g/mol. The minimum atomic E-state index is -0.507. The smallest absolute Gasteiger partial charge is 0.143 e. The lowest BCUT2D eigenvalue weighted by atomic mass is 10.1. The molecule has 0 saturated carbocycles. The summed E-state index contributed by atoms with van der Waals surface area (Å²) in [6.07, 6.45) is 0. The van der Waals surface area contributed by atoms with Gasteiger partial charge in [-0.25, -0.2) is 4.39 Å². The third-order valence-electron chi connectivity index (χ3n) is 1.94. The molecule has 1 aromatic rings. The fourth-order valence-corrected chi connectivity index (χ4v) is 1.32. The molecule has 80 valence electrons. The summed E-state index contributed by atoms with van der Waals surface area (Å²) >= 11 is 0. The summed E-state index contributed by atoms with van der Waals surface area (Å²) in [5.74, 6) is -0.507. The summed E-state index contributed by atoms with van der Waals surface area (Å²) in [6, 6.07) is 6.37. The molecule has 1 aromatic carbocycles. The van der Waals surface area contributed by atoms with E-state index in [1.807, 2.05) is 13.0 Å². The zero-order valence-electron chi connectivity index (χ0n) is 8.75. The van der Waals surface area contributed by atoms with Crippen LogP contribution in [0.1, 0.15) is 12.5 Å². The first-order valence-electron chi connectivity index (χ1n) is 4.63. The van der Waals surface area contributed by atoms with Crippen molar-refractivity contribution in [1.82, 2.24) is 0 Å². The molecule has 0 aliphatic carbocycles. The lowest BCUT2D eigenvalue weighted by molar-refractivity contribution is 0.190. The van der Waals surface area contributed by atoms with Gasteiger partial charge in [-0.05, 0) is 19.1 Å². The van der Waals surface area contributed by atoms with Crippen molar-refractivity contribution in [1.29, 1.82) is 5.26 Å². The molecule has 0 bridgehead atoms. The summed E-state index contributed by atoms with van der Waals surface area (Å²) < 4.78 is 18.1. The van der Waals surface area contributed by atoms with Crippen molar-refractivity contribution < 1.29 is 9.13 Å². The average molecular weight is 208 g/mol. The molecule has 0 saturated heterocycles. The highest BCUT2D eigenvalue weighted by Crippen LogP contribution is 2.18. The fourth-order valence-electron chi connectivity index (χ4n) is 1.32. The Morgan fingerprint density at radius 3 is 2.93 bits per heavy atom. The van der Waals surface area contributed by atoms with Crippen LogP contribution in [0.15, 0.2) is 18.2 Å². The molecule has 1 unspecified atom stereocenters. The Kier molecular flexibility index (Phi) is 4.07. The van der Waals surface area contributed by atoms with E-state index < -0.39 is 5.82 Å². The zero-order valence-corrected chi connectivity index (χ0v) is 8.75. The van der Waals surface area contributed by atoms with Crippen LogP contribution in [-0.4, -0.2) is 19.8 Å². The Bertz CT molecular complexity index is 373. The Morgan fingerprint density at radius 1 is 1.60 bits per heavy atom. The molecular formula is C11H13FN2O. The van der Waals surface area contributed by atoms with E-state index in [2.05, 4.69) is 5.32 Å². The molecule has 0 aliphatic heterocycles. The van der Waals surface area contributed by atoms with Crippen LogP contribution in [0.5, 0.6) is 0 Å². The topological polar surface area (TPSA) is 45.0 Å². The van der Waals surface area contributed by atoms with Crippen LogP contribution in [0.2, 0.25) is 0 Å². The largest absolute Gasteiger partial charge is 0.383 e. The van der Waals surface area contributed by atoms with Crippen LogP contribution in [0.4, 0.5) is 10.1 Å². The minimum Gasteiger partial charge on any atom is -0.383 e. The van der Waals surface area contributed by atoms with Crippen LogP contribution in [0.3, 0.4) is 0 Å². The van der Waals surface area contributed by atoms with Crippen LogP contribution in [0, 0.1) is 17.1 Å². The Morgan fingerprint density at radius 2 is 2.33 bits per heavy atom. The van der Waals surface area contributed by atoms with Gasteiger partial charge in [0.25, 0.3) is 0 Å². The first-order chi connectivity index (χ1) is 7.19. The molecule has 1 atom stereocenters. The van der Waals surface area contributed by atoms with Gasteiger partial charge in [-0.1, -0.05) is 6.07 Å². The molecule has 0 aliphatic rings. The highest BCUT2D eigenvalue weighted by molar-refractivity contribution is 5.58. The first kappa shape index (κ1) is 11.5. The molecule has 0 fully saturated rings. The molecule has 0 amide bonds. The second kappa shape index (κ2) is 5.32. The van der Waals surface area contributed by atoms with E-state index in [1.165, 1.54) is 6.07 Å². The van der Waals surface area contributed by atoms with Crippen molar-refractivity contribution in [2.45, 2.75) is 13.0 Å². The normalized spacial score (nSPS) is 11.9. The number of nitrogens with one attached hydrogen (secondary N) is 1. The van der Waals surface area contributed by atoms with Gasteiger partial charge in [0.05, 0.1) is 12.3 Å². The number of methoxy groups -OCH3 is 1. The van der Waals surface area contributed by atoms with Crippen molar-refractivity contribution in [3.05, 3.63) is 29.6 Å². The van der Waals surface area contributed by atoms with Crippen LogP contribution < -0.4 is 5.32 Å². The third-order valence-corrected chi connectivity index (χ3v) is 1.94. The fraction of sp³-hybridized carbons (Fsp3) is 0.364. The lowest BCUT2D eigenvalue weighted by Gasteiger charge is -2.15. The predicted octanol–water partition coefficient (Wildman–Crippen LogP) is 2.14. The molecule has 0 spiro atoms. The maximum atomic E-state index is 13.2. The quantitative estimate of drug-likeness (QED) is 0.824. The van der Waals surface area contributed by atoms with Gasteiger partial charge in [-0.15, -0.1) is 0 Å². The summed E-state index contributed by atoms with van der Waals surface area (Å²) in [5, 5.41) is 11.8. The number of ether oxygens (including phenoxy) is 1. The second-order valence-corrected chi connectivity index (χ2v) is 3.27. The van der Waals surface area contributed by atoms with Gasteiger partial charge >= 0.3 is 0 Å². The summed E-state index contributed by atoms with van der Waals surface area (Å²) in [6.45, 7) is 2.40. The number of rotatable bonds is 4. The summed E-state index contributed by atoms with van der Waals surface area (Å²) in [7, 11) is 1.59. The van der Waals surface area contributed by atoms with Crippen molar-refractivity contribution in [3.8, 4) is 6.07 Å². The lowest BCUT2D eigenvalue weighted by Crippen LogP contribution is -2.21. The Hall–Kier alpha value is -1.60. The van der Waals surface area contributed by atoms with E-state index in [0.29, 0.717) is 12.3 Å². The van der Waals surface area contributed by atoms with E-state index in [9.17, 15) is 4.39 Å². The van der Waals surface area contributed by atoms with Crippen molar-refractivity contribution >= 4 is 5.69 Å². The number of nitrogens with zero attached hydrogens (tertiary/aromatic N) is 1. The highest BCUT2D eigenvalue weighted by atomic mass is 19.1. The van der Waals surface area contributed by atoms with Gasteiger partial charge in [0.1, 0.15) is 17.4 Å². The maximum Gasteiger partial charge on any atom is 0.143 e. The standard InChI is InChI=1S/C11H13FN2O/c1-8(7-15-2)14-11-5-3-4-10(12)9(11)6-13/h3-5,8,14H,7H2,1-2H3. The number of halogens is 1. The summed E-state index contributed by atoms with van der Waals surface area (Å²) in [4.78, 5) is 0. The molecular weight excluding hydrogens is 195 g/mol. The molecule has 1 rings (SSSR count). The number of hydrogen-bond donors (Lipinski definition) is 1. The van der Waals surface area contributed by atoms with Gasteiger partial charge in [-0.2, -0.15) is 5.26 Å². The molecule has 15 heavy (non-hydrogen) atoms. The highest BCUT2D eigenvalue weighted by Gasteiger charge is 2.09. The molecule has 1 N–H and O–H groups in total. The second-order valence-electron chi connectivity index (χ2n) is 3.27. The number of anilines is 1. The summed E-state index contributed by atoms with van der Waals surface area (Å²) in [5.41, 5.74) is 0.544. The van der Waals surface area contributed by atoms with E-state index >= 15 is 0 Å². The Labute approximate surface area is 88.5 Å². The van der Waals surface area contributed by atoms with E-state index in [-0.39, 0.29) is 11.6 Å². The predicted molar refractivity (Wildman–Crippen MR) is 56.1 cm³/mol. The van der Waals surface area contributed by atoms with Crippen LogP contribution >= 0.6 is 0 Å². The van der Waals surface area contributed by atoms with Gasteiger partial charge in [0, 0.05) is 13.2 Å². The Balaban J connectivity index is 2.86. The molecule has 0 heterocycles. The average Bonchev–Trinajstić information content (AvgIpc) is 2.18. The van der Waals surface area contributed by atoms with Crippen molar-refractivity contribution in [2.24, 2.45) is 0 Å². The van der Waals surface area contributed by atoms with Gasteiger partial charge in [-0.3, -0.25) is 0 Å². The zero-order chi connectivity index (χ0) is 11.3. The number of benzene rings is 1. The van der Waals surface area contributed by atoms with Crippen LogP contribution in [0.25, 0.3) is 0 Å². The van der Waals surface area contributed by atoms with E-state index in [1.54, 1.807) is 19.2 Å². The van der Waals surface area contributed by atoms with E-state index in [4.69, 9.17) is 10.00 Å². The van der Waals surface area contributed by atoms with E-state index in [0.717, 1.165) is 0 Å². The molecule has 4 heteroatoms. The SMILES string of the molecule is COCC(C)Nc1cccc(F)c1C#N. The van der Waals surface area contributed by atoms with Gasteiger partial charge in [0.2, 0.25) is 0 Å². The first-order valence-corrected chi connectivity index (χ1v) is 4.63. The van der Waals surface area contributed by atoms with Gasteiger partial charge in [0.15, 0.2) is 0 Å².